The van der Waals surface area contributed by atoms with Crippen molar-refractivity contribution in [3.63, 3.8) is 0 Å². The van der Waals surface area contributed by atoms with Gasteiger partial charge in [0, 0.05) is 21.5 Å². The molecule has 0 aliphatic heterocycles. The Morgan fingerprint density at radius 2 is 1.03 bits per heavy atom. The molecular formula is C31H20O2. The Kier molecular flexibility index (Phi) is 3.94. The summed E-state index contributed by atoms with van der Waals surface area (Å²) in [5.41, 5.74) is 8.76. The lowest BCUT2D eigenvalue weighted by Gasteiger charge is -2.10. The molecule has 0 unspecified atom stereocenters. The highest BCUT2D eigenvalue weighted by molar-refractivity contribution is 6.06. The van der Waals surface area contributed by atoms with Gasteiger partial charge in [0.05, 0.1) is 0 Å². The fourth-order valence-electron chi connectivity index (χ4n) is 4.95. The van der Waals surface area contributed by atoms with E-state index >= 15 is 0 Å². The molecule has 2 heteroatoms. The summed E-state index contributed by atoms with van der Waals surface area (Å²) in [5, 5.41) is 4.65. The normalized spacial score (nSPS) is 11.8. The summed E-state index contributed by atoms with van der Waals surface area (Å²) in [6.07, 6.45) is 0.857. The molecule has 7 aromatic rings. The Labute approximate surface area is 190 Å². The van der Waals surface area contributed by atoms with Crippen LogP contribution in [0.3, 0.4) is 0 Å². The maximum absolute atomic E-state index is 6.03. The number of hydrogen-bond donors (Lipinski definition) is 0. The summed E-state index contributed by atoms with van der Waals surface area (Å²) in [7, 11) is 0. The van der Waals surface area contributed by atoms with Crippen molar-refractivity contribution in [3.05, 3.63) is 120 Å². The lowest BCUT2D eigenvalue weighted by molar-refractivity contribution is 0.668. The van der Waals surface area contributed by atoms with Crippen molar-refractivity contribution in [2.24, 2.45) is 0 Å². The van der Waals surface area contributed by atoms with Crippen LogP contribution in [-0.4, -0.2) is 0 Å². The molecule has 156 valence electrons. The molecule has 0 spiro atoms. The Morgan fingerprint density at radius 1 is 0.455 bits per heavy atom. The lowest BCUT2D eigenvalue weighted by Crippen LogP contribution is -1.92. The van der Waals surface area contributed by atoms with Crippen LogP contribution in [0, 0.1) is 0 Å². The van der Waals surface area contributed by atoms with Crippen LogP contribution < -0.4 is 0 Å². The van der Waals surface area contributed by atoms with Crippen LogP contribution in [0.15, 0.2) is 118 Å². The van der Waals surface area contributed by atoms with Gasteiger partial charge in [0.25, 0.3) is 0 Å². The summed E-state index contributed by atoms with van der Waals surface area (Å²) in [4.78, 5) is 0. The molecule has 7 rings (SSSR count). The van der Waals surface area contributed by atoms with Crippen molar-refractivity contribution in [2.45, 2.75) is 6.42 Å². The van der Waals surface area contributed by atoms with Gasteiger partial charge >= 0.3 is 0 Å². The maximum atomic E-state index is 6.03. The summed E-state index contributed by atoms with van der Waals surface area (Å²) < 4.78 is 12.0. The molecule has 0 bridgehead atoms. The van der Waals surface area contributed by atoms with E-state index in [4.69, 9.17) is 8.83 Å². The van der Waals surface area contributed by atoms with Gasteiger partial charge < -0.3 is 8.83 Å². The highest BCUT2D eigenvalue weighted by Gasteiger charge is 2.12. The second kappa shape index (κ2) is 7.11. The zero-order valence-electron chi connectivity index (χ0n) is 17.9. The quantitative estimate of drug-likeness (QED) is 0.283. The third-order valence-corrected chi connectivity index (χ3v) is 6.54. The molecule has 0 saturated carbocycles. The molecule has 0 radical (unpaired) electrons. The Balaban J connectivity index is 1.33. The monoisotopic (exact) mass is 424 g/mol. The molecular weight excluding hydrogens is 404 g/mol. The Hall–Kier alpha value is -4.30. The fraction of sp³-hybridized carbons (Fsp3) is 0.0323. The van der Waals surface area contributed by atoms with Gasteiger partial charge in [-0.15, -0.1) is 0 Å². The third kappa shape index (κ3) is 2.95. The fourth-order valence-corrected chi connectivity index (χ4v) is 4.95. The molecule has 2 heterocycles. The van der Waals surface area contributed by atoms with E-state index in [1.54, 1.807) is 0 Å². The highest BCUT2D eigenvalue weighted by Crippen LogP contribution is 2.35. The van der Waals surface area contributed by atoms with E-state index in [1.807, 2.05) is 24.3 Å². The standard InChI is InChI=1S/C31H20O2/c1-2-8-23(22-14-16-31-27(19-22)25-10-4-6-12-29(25)33-31)21(7-1)17-20-13-15-30-26(18-20)24-9-3-5-11-28(24)32-30/h1-16,18-19H,17H2. The zero-order valence-corrected chi connectivity index (χ0v) is 17.9. The first-order valence-electron chi connectivity index (χ1n) is 11.2. The van der Waals surface area contributed by atoms with Crippen LogP contribution in [-0.2, 0) is 6.42 Å². The zero-order chi connectivity index (χ0) is 21.8. The number of furan rings is 2. The first kappa shape index (κ1) is 18.3. The van der Waals surface area contributed by atoms with Crippen molar-refractivity contribution in [1.29, 1.82) is 0 Å². The number of hydrogen-bond acceptors (Lipinski definition) is 2. The number of fused-ring (bicyclic) bond motifs is 6. The molecule has 0 atom stereocenters. The van der Waals surface area contributed by atoms with Crippen LogP contribution in [0.2, 0.25) is 0 Å². The van der Waals surface area contributed by atoms with Crippen molar-refractivity contribution in [2.75, 3.05) is 0 Å². The van der Waals surface area contributed by atoms with Crippen molar-refractivity contribution in [3.8, 4) is 11.1 Å². The summed E-state index contributed by atoms with van der Waals surface area (Å²) >= 11 is 0. The summed E-state index contributed by atoms with van der Waals surface area (Å²) in [6, 6.07) is 38.2. The van der Waals surface area contributed by atoms with Gasteiger partial charge in [-0.1, -0.05) is 72.8 Å². The van der Waals surface area contributed by atoms with Crippen LogP contribution in [0.5, 0.6) is 0 Å². The average Bonchev–Trinajstić information content (AvgIpc) is 3.42. The molecule has 0 aliphatic carbocycles. The molecule has 0 fully saturated rings. The lowest BCUT2D eigenvalue weighted by atomic mass is 9.93. The van der Waals surface area contributed by atoms with Crippen LogP contribution >= 0.6 is 0 Å². The van der Waals surface area contributed by atoms with E-state index in [1.165, 1.54) is 33.0 Å². The topological polar surface area (TPSA) is 26.3 Å². The van der Waals surface area contributed by atoms with E-state index in [0.717, 1.165) is 39.5 Å². The van der Waals surface area contributed by atoms with Crippen LogP contribution in [0.25, 0.3) is 55.0 Å². The maximum Gasteiger partial charge on any atom is 0.135 e. The molecule has 0 N–H and O–H groups in total. The minimum Gasteiger partial charge on any atom is -0.456 e. The van der Waals surface area contributed by atoms with Gasteiger partial charge in [0.15, 0.2) is 0 Å². The van der Waals surface area contributed by atoms with E-state index in [-0.39, 0.29) is 0 Å². The van der Waals surface area contributed by atoms with Gasteiger partial charge in [-0.2, -0.15) is 0 Å². The van der Waals surface area contributed by atoms with Crippen molar-refractivity contribution in [1.82, 2.24) is 0 Å². The molecule has 2 nitrogen and oxygen atoms in total. The molecule has 0 aliphatic rings. The van der Waals surface area contributed by atoms with Crippen molar-refractivity contribution < 1.29 is 8.83 Å². The van der Waals surface area contributed by atoms with Gasteiger partial charge in [0.1, 0.15) is 22.3 Å². The summed E-state index contributed by atoms with van der Waals surface area (Å²) in [5.74, 6) is 0. The van der Waals surface area contributed by atoms with Crippen LogP contribution in [0.1, 0.15) is 11.1 Å². The Bertz CT molecular complexity index is 1800. The van der Waals surface area contributed by atoms with E-state index in [0.29, 0.717) is 0 Å². The SMILES string of the molecule is c1ccc(-c2ccc3oc4ccccc4c3c2)c(Cc2ccc3oc4ccccc4c3c2)c1. The van der Waals surface area contributed by atoms with Gasteiger partial charge in [0.2, 0.25) is 0 Å². The van der Waals surface area contributed by atoms with Crippen molar-refractivity contribution >= 4 is 43.9 Å². The minimum atomic E-state index is 0.857. The smallest absolute Gasteiger partial charge is 0.135 e. The van der Waals surface area contributed by atoms with E-state index < -0.39 is 0 Å². The molecule has 2 aromatic heterocycles. The average molecular weight is 424 g/mol. The Morgan fingerprint density at radius 3 is 1.79 bits per heavy atom. The number of rotatable bonds is 3. The second-order valence-corrected chi connectivity index (χ2v) is 8.57. The molecule has 0 saturated heterocycles. The predicted molar refractivity (Wildman–Crippen MR) is 136 cm³/mol. The van der Waals surface area contributed by atoms with E-state index in [2.05, 4.69) is 84.9 Å². The largest absolute Gasteiger partial charge is 0.456 e. The van der Waals surface area contributed by atoms with Gasteiger partial charge in [-0.25, -0.2) is 0 Å². The minimum absolute atomic E-state index is 0.857. The summed E-state index contributed by atoms with van der Waals surface area (Å²) in [6.45, 7) is 0. The second-order valence-electron chi connectivity index (χ2n) is 8.57. The molecule has 0 amide bonds. The highest BCUT2D eigenvalue weighted by atomic mass is 16.3. The first-order valence-corrected chi connectivity index (χ1v) is 11.2. The number of para-hydroxylation sites is 2. The van der Waals surface area contributed by atoms with E-state index in [9.17, 15) is 0 Å². The first-order chi connectivity index (χ1) is 16.3. The van der Waals surface area contributed by atoms with Gasteiger partial charge in [-0.3, -0.25) is 0 Å². The molecule has 33 heavy (non-hydrogen) atoms. The number of benzene rings is 5. The van der Waals surface area contributed by atoms with Crippen LogP contribution in [0.4, 0.5) is 0 Å². The molecule has 5 aromatic carbocycles. The van der Waals surface area contributed by atoms with Gasteiger partial charge in [-0.05, 0) is 65.1 Å². The predicted octanol–water partition coefficient (Wildman–Crippen LogP) is 8.74. The third-order valence-electron chi connectivity index (χ3n) is 6.54.